The van der Waals surface area contributed by atoms with Crippen molar-refractivity contribution in [2.24, 2.45) is 0 Å². The van der Waals surface area contributed by atoms with Gasteiger partial charge in [0.05, 0.1) is 0 Å². The van der Waals surface area contributed by atoms with Crippen molar-refractivity contribution >= 4 is 17.5 Å². The molecule has 0 aliphatic carbocycles. The van der Waals surface area contributed by atoms with E-state index in [0.717, 1.165) is 12.4 Å². The quantitative estimate of drug-likeness (QED) is 0.726. The molecule has 1 amide bonds. The van der Waals surface area contributed by atoms with Gasteiger partial charge >= 0.3 is 0 Å². The summed E-state index contributed by atoms with van der Waals surface area (Å²) in [7, 11) is 0. The summed E-state index contributed by atoms with van der Waals surface area (Å²) in [5, 5.41) is 6.52. The molecule has 0 atom stereocenters. The number of rotatable bonds is 6. The maximum atomic E-state index is 12.5. The van der Waals surface area contributed by atoms with Gasteiger partial charge in [0.25, 0.3) is 5.91 Å². The van der Waals surface area contributed by atoms with Crippen molar-refractivity contribution in [1.29, 1.82) is 0 Å². The minimum Gasteiger partial charge on any atom is -0.360 e. The average molecular weight is 350 g/mol. The lowest BCUT2D eigenvalue weighted by molar-refractivity contribution is 0.102. The number of anilines is 2. The molecule has 6 heteroatoms. The third-order valence-electron chi connectivity index (χ3n) is 3.99. The summed E-state index contributed by atoms with van der Waals surface area (Å²) in [5.74, 6) is 1.55. The number of carbonyl (C=O) groups is 1. The molecule has 0 spiro atoms. The van der Waals surface area contributed by atoms with E-state index in [0.29, 0.717) is 17.1 Å². The van der Waals surface area contributed by atoms with Gasteiger partial charge in [-0.3, -0.25) is 4.79 Å². The first kappa shape index (κ1) is 17.7. The maximum Gasteiger partial charge on any atom is 0.257 e. The smallest absolute Gasteiger partial charge is 0.257 e. The molecule has 0 radical (unpaired) electrons. The predicted octanol–water partition coefficient (Wildman–Crippen LogP) is 4.05. The minimum absolute atomic E-state index is 0.235. The highest BCUT2D eigenvalue weighted by atomic mass is 16.5. The number of amides is 1. The van der Waals surface area contributed by atoms with E-state index in [1.54, 1.807) is 31.3 Å². The van der Waals surface area contributed by atoms with Crippen LogP contribution in [0.4, 0.5) is 11.6 Å². The van der Waals surface area contributed by atoms with Crippen LogP contribution in [0.5, 0.6) is 0 Å². The van der Waals surface area contributed by atoms with E-state index in [-0.39, 0.29) is 11.9 Å². The Morgan fingerprint density at radius 1 is 1.19 bits per heavy atom. The zero-order chi connectivity index (χ0) is 18.5. The van der Waals surface area contributed by atoms with Crippen LogP contribution in [0.25, 0.3) is 0 Å². The SMILES string of the molecule is Cc1cc(NC(=O)c2ccnc(N(Cc3ccccc3)C(C)C)c2)no1. The molecule has 2 aromatic heterocycles. The van der Waals surface area contributed by atoms with Crippen molar-refractivity contribution in [1.82, 2.24) is 10.1 Å². The van der Waals surface area contributed by atoms with Crippen molar-refractivity contribution < 1.29 is 9.32 Å². The largest absolute Gasteiger partial charge is 0.360 e. The molecule has 3 aromatic rings. The number of hydrogen-bond acceptors (Lipinski definition) is 5. The van der Waals surface area contributed by atoms with Crippen molar-refractivity contribution in [2.45, 2.75) is 33.4 Å². The fourth-order valence-electron chi connectivity index (χ4n) is 2.64. The summed E-state index contributed by atoms with van der Waals surface area (Å²) in [5.41, 5.74) is 1.71. The van der Waals surface area contributed by atoms with Crippen LogP contribution in [0.2, 0.25) is 0 Å². The number of hydrogen-bond donors (Lipinski definition) is 1. The zero-order valence-electron chi connectivity index (χ0n) is 15.1. The van der Waals surface area contributed by atoms with Gasteiger partial charge in [-0.2, -0.15) is 0 Å². The van der Waals surface area contributed by atoms with E-state index in [2.05, 4.69) is 46.3 Å². The second-order valence-electron chi connectivity index (χ2n) is 6.39. The molecular weight excluding hydrogens is 328 g/mol. The van der Waals surface area contributed by atoms with Crippen molar-refractivity contribution in [3.05, 3.63) is 71.6 Å². The molecule has 0 aliphatic rings. The van der Waals surface area contributed by atoms with E-state index in [4.69, 9.17) is 4.52 Å². The normalized spacial score (nSPS) is 10.8. The van der Waals surface area contributed by atoms with E-state index in [9.17, 15) is 4.79 Å². The Kier molecular flexibility index (Phi) is 5.31. The van der Waals surface area contributed by atoms with Crippen molar-refractivity contribution in [3.63, 3.8) is 0 Å². The zero-order valence-corrected chi connectivity index (χ0v) is 15.1. The van der Waals surface area contributed by atoms with Crippen LogP contribution in [0.1, 0.15) is 35.5 Å². The average Bonchev–Trinajstić information content (AvgIpc) is 3.05. The van der Waals surface area contributed by atoms with Crippen LogP contribution in [0.3, 0.4) is 0 Å². The van der Waals surface area contributed by atoms with Gasteiger partial charge < -0.3 is 14.7 Å². The highest BCUT2D eigenvalue weighted by Gasteiger charge is 2.16. The number of nitrogens with one attached hydrogen (secondary N) is 1. The van der Waals surface area contributed by atoms with Crippen LogP contribution in [-0.2, 0) is 6.54 Å². The van der Waals surface area contributed by atoms with E-state index >= 15 is 0 Å². The molecular formula is C20H22N4O2. The van der Waals surface area contributed by atoms with Gasteiger partial charge in [-0.1, -0.05) is 35.5 Å². The summed E-state index contributed by atoms with van der Waals surface area (Å²) in [4.78, 5) is 19.1. The molecule has 1 N–H and O–H groups in total. The first-order chi connectivity index (χ1) is 12.5. The fourth-order valence-corrected chi connectivity index (χ4v) is 2.64. The van der Waals surface area contributed by atoms with Crippen LogP contribution in [0.15, 0.2) is 59.3 Å². The molecule has 1 aromatic carbocycles. The molecule has 3 rings (SSSR count). The lowest BCUT2D eigenvalue weighted by atomic mass is 10.1. The maximum absolute atomic E-state index is 12.5. The number of benzene rings is 1. The molecule has 134 valence electrons. The summed E-state index contributed by atoms with van der Waals surface area (Å²) < 4.78 is 4.98. The number of nitrogens with zero attached hydrogens (tertiary/aromatic N) is 3. The number of pyridine rings is 1. The van der Waals surface area contributed by atoms with Crippen LogP contribution in [-0.4, -0.2) is 22.1 Å². The van der Waals surface area contributed by atoms with Gasteiger partial charge in [-0.15, -0.1) is 0 Å². The molecule has 0 bridgehead atoms. The third kappa shape index (κ3) is 4.27. The van der Waals surface area contributed by atoms with Crippen molar-refractivity contribution in [2.75, 3.05) is 10.2 Å². The van der Waals surface area contributed by atoms with Gasteiger partial charge in [-0.25, -0.2) is 4.98 Å². The van der Waals surface area contributed by atoms with E-state index < -0.39 is 0 Å². The Hall–Kier alpha value is -3.15. The highest BCUT2D eigenvalue weighted by Crippen LogP contribution is 2.20. The van der Waals surface area contributed by atoms with Gasteiger partial charge in [0.1, 0.15) is 11.6 Å². The fraction of sp³-hybridized carbons (Fsp3) is 0.250. The molecule has 0 unspecified atom stereocenters. The molecule has 0 saturated carbocycles. The molecule has 2 heterocycles. The Labute approximate surface area is 152 Å². The minimum atomic E-state index is -0.245. The van der Waals surface area contributed by atoms with Crippen molar-refractivity contribution in [3.8, 4) is 0 Å². The Balaban J connectivity index is 1.80. The highest BCUT2D eigenvalue weighted by molar-refractivity contribution is 6.04. The molecule has 0 aliphatic heterocycles. The number of aromatic nitrogens is 2. The standard InChI is InChI=1S/C20H22N4O2/c1-14(2)24(13-16-7-5-4-6-8-16)19-12-17(9-10-21-19)20(25)22-18-11-15(3)26-23-18/h4-12,14H,13H2,1-3H3,(H,22,23,25). The van der Waals surface area contributed by atoms with Gasteiger partial charge in [0.15, 0.2) is 5.82 Å². The molecule has 6 nitrogen and oxygen atoms in total. The van der Waals surface area contributed by atoms with Gasteiger partial charge in [-0.05, 0) is 38.5 Å². The predicted molar refractivity (Wildman–Crippen MR) is 101 cm³/mol. The lowest BCUT2D eigenvalue weighted by Gasteiger charge is -2.28. The Morgan fingerprint density at radius 3 is 2.62 bits per heavy atom. The van der Waals surface area contributed by atoms with Gasteiger partial charge in [0, 0.05) is 30.4 Å². The van der Waals surface area contributed by atoms with Crippen LogP contribution < -0.4 is 10.2 Å². The van der Waals surface area contributed by atoms with E-state index in [1.165, 1.54) is 5.56 Å². The second-order valence-corrected chi connectivity index (χ2v) is 6.39. The number of carbonyl (C=O) groups excluding carboxylic acids is 1. The summed E-state index contributed by atoms with van der Waals surface area (Å²) in [6, 6.07) is 15.6. The molecule has 0 fully saturated rings. The second kappa shape index (κ2) is 7.82. The summed E-state index contributed by atoms with van der Waals surface area (Å²) >= 11 is 0. The molecule has 26 heavy (non-hydrogen) atoms. The summed E-state index contributed by atoms with van der Waals surface area (Å²) in [6.45, 7) is 6.71. The summed E-state index contributed by atoms with van der Waals surface area (Å²) in [6.07, 6.45) is 1.65. The van der Waals surface area contributed by atoms with Crippen LogP contribution in [0, 0.1) is 6.92 Å². The van der Waals surface area contributed by atoms with Crippen LogP contribution >= 0.6 is 0 Å². The topological polar surface area (TPSA) is 71.3 Å². The van der Waals surface area contributed by atoms with E-state index in [1.807, 2.05) is 18.2 Å². The Morgan fingerprint density at radius 2 is 1.96 bits per heavy atom. The number of aryl methyl sites for hydroxylation is 1. The van der Waals surface area contributed by atoms with Gasteiger partial charge in [0.2, 0.25) is 0 Å². The first-order valence-corrected chi connectivity index (χ1v) is 8.54. The lowest BCUT2D eigenvalue weighted by Crippen LogP contribution is -2.31. The Bertz CT molecular complexity index is 874. The monoisotopic (exact) mass is 350 g/mol. The third-order valence-corrected chi connectivity index (χ3v) is 3.99. The first-order valence-electron chi connectivity index (χ1n) is 8.54. The molecule has 0 saturated heterocycles.